The van der Waals surface area contributed by atoms with Crippen LogP contribution in [-0.2, 0) is 0 Å². The molecular formula is C22H24FN3O3. The molecule has 7 heteroatoms. The van der Waals surface area contributed by atoms with Crippen LogP contribution in [0.25, 0.3) is 11.0 Å². The first kappa shape index (κ1) is 19.4. The maximum Gasteiger partial charge on any atom is 0.179 e. The lowest BCUT2D eigenvalue weighted by Gasteiger charge is -2.21. The number of fused-ring (bicyclic) bond motifs is 1. The van der Waals surface area contributed by atoms with Gasteiger partial charge < -0.3 is 19.4 Å². The van der Waals surface area contributed by atoms with Gasteiger partial charge in [-0.2, -0.15) is 0 Å². The predicted octanol–water partition coefficient (Wildman–Crippen LogP) is 3.85. The Morgan fingerprint density at radius 2 is 1.93 bits per heavy atom. The molecule has 1 saturated heterocycles. The summed E-state index contributed by atoms with van der Waals surface area (Å²) in [7, 11) is 0. The van der Waals surface area contributed by atoms with E-state index in [1.165, 1.54) is 12.1 Å². The standard InChI is InChI=1S/C22H24FN3O3/c23-17-6-4-16(5-7-17)20(28)3-1-10-25-11-2-12-26(14-13-25)22-19-9-8-18(27)15-21(19)29-24-22/h4-9,15,27H,1-3,10-14H2. The van der Waals surface area contributed by atoms with Crippen LogP contribution in [-0.4, -0.2) is 53.7 Å². The van der Waals surface area contributed by atoms with Crippen LogP contribution in [0, 0.1) is 5.82 Å². The molecule has 6 nitrogen and oxygen atoms in total. The molecule has 152 valence electrons. The van der Waals surface area contributed by atoms with Crippen molar-refractivity contribution in [3.63, 3.8) is 0 Å². The summed E-state index contributed by atoms with van der Waals surface area (Å²) in [5, 5.41) is 14.7. The van der Waals surface area contributed by atoms with Gasteiger partial charge in [0.25, 0.3) is 0 Å². The van der Waals surface area contributed by atoms with Gasteiger partial charge in [0.15, 0.2) is 17.2 Å². The Hall–Kier alpha value is -2.93. The predicted molar refractivity (Wildman–Crippen MR) is 109 cm³/mol. The first-order valence-electron chi connectivity index (χ1n) is 9.94. The molecule has 2 aromatic carbocycles. The van der Waals surface area contributed by atoms with Gasteiger partial charge in [-0.1, -0.05) is 5.16 Å². The van der Waals surface area contributed by atoms with E-state index in [-0.39, 0.29) is 17.3 Å². The molecule has 0 bridgehead atoms. The number of nitrogens with zero attached hydrogens (tertiary/aromatic N) is 3. The molecule has 0 saturated carbocycles. The van der Waals surface area contributed by atoms with Gasteiger partial charge in [-0.05, 0) is 62.3 Å². The van der Waals surface area contributed by atoms with Crippen molar-refractivity contribution in [2.75, 3.05) is 37.6 Å². The number of aromatic hydroxyl groups is 1. The van der Waals surface area contributed by atoms with Crippen molar-refractivity contribution >= 4 is 22.6 Å². The minimum atomic E-state index is -0.327. The third kappa shape index (κ3) is 4.56. The fourth-order valence-electron chi connectivity index (χ4n) is 3.79. The van der Waals surface area contributed by atoms with Crippen LogP contribution in [0.4, 0.5) is 10.2 Å². The Balaban J connectivity index is 1.29. The van der Waals surface area contributed by atoms with Gasteiger partial charge in [0.1, 0.15) is 11.6 Å². The lowest BCUT2D eigenvalue weighted by Crippen LogP contribution is -2.31. The SMILES string of the molecule is O=C(CCCN1CCCN(c2noc3cc(O)ccc23)CC1)c1ccc(F)cc1. The Morgan fingerprint density at radius 1 is 1.10 bits per heavy atom. The van der Waals surface area contributed by atoms with Gasteiger partial charge in [0.2, 0.25) is 0 Å². The van der Waals surface area contributed by atoms with Crippen molar-refractivity contribution in [3.8, 4) is 5.75 Å². The van der Waals surface area contributed by atoms with E-state index in [2.05, 4.69) is 15.0 Å². The monoisotopic (exact) mass is 397 g/mol. The molecule has 2 heterocycles. The smallest absolute Gasteiger partial charge is 0.179 e. The second-order valence-electron chi connectivity index (χ2n) is 7.40. The molecule has 0 spiro atoms. The number of phenolic OH excluding ortho intramolecular Hbond substituents is 1. The van der Waals surface area contributed by atoms with Crippen molar-refractivity contribution in [1.82, 2.24) is 10.1 Å². The van der Waals surface area contributed by atoms with E-state index < -0.39 is 0 Å². The van der Waals surface area contributed by atoms with E-state index >= 15 is 0 Å². The summed E-state index contributed by atoms with van der Waals surface area (Å²) in [6, 6.07) is 10.8. The quantitative estimate of drug-likeness (QED) is 0.637. The van der Waals surface area contributed by atoms with Crippen LogP contribution in [0.3, 0.4) is 0 Å². The number of benzene rings is 2. The molecule has 4 rings (SSSR count). The average Bonchev–Trinajstić information content (AvgIpc) is 2.98. The minimum Gasteiger partial charge on any atom is -0.508 e. The van der Waals surface area contributed by atoms with E-state index in [0.29, 0.717) is 17.6 Å². The van der Waals surface area contributed by atoms with Crippen molar-refractivity contribution in [2.45, 2.75) is 19.3 Å². The van der Waals surface area contributed by atoms with Crippen LogP contribution < -0.4 is 4.90 Å². The van der Waals surface area contributed by atoms with E-state index in [4.69, 9.17) is 4.52 Å². The zero-order chi connectivity index (χ0) is 20.2. The van der Waals surface area contributed by atoms with E-state index in [1.807, 2.05) is 6.07 Å². The number of hydrogen-bond acceptors (Lipinski definition) is 6. The number of carbonyl (C=O) groups excluding carboxylic acids is 1. The van der Waals surface area contributed by atoms with Gasteiger partial charge in [0.05, 0.1) is 5.39 Å². The summed E-state index contributed by atoms with van der Waals surface area (Å²) in [6.07, 6.45) is 2.24. The molecule has 0 radical (unpaired) electrons. The molecule has 0 atom stereocenters. The fraction of sp³-hybridized carbons (Fsp3) is 0.364. The summed E-state index contributed by atoms with van der Waals surface area (Å²) in [4.78, 5) is 16.8. The molecule has 1 N–H and O–H groups in total. The zero-order valence-corrected chi connectivity index (χ0v) is 16.2. The second kappa shape index (κ2) is 8.61. The summed E-state index contributed by atoms with van der Waals surface area (Å²) in [5.41, 5.74) is 1.15. The molecule has 29 heavy (non-hydrogen) atoms. The highest BCUT2D eigenvalue weighted by atomic mass is 19.1. The zero-order valence-electron chi connectivity index (χ0n) is 16.2. The first-order chi connectivity index (χ1) is 14.1. The lowest BCUT2D eigenvalue weighted by atomic mass is 10.1. The Morgan fingerprint density at radius 3 is 2.76 bits per heavy atom. The molecule has 0 aliphatic carbocycles. The van der Waals surface area contributed by atoms with Crippen LogP contribution in [0.5, 0.6) is 5.75 Å². The van der Waals surface area contributed by atoms with E-state index in [0.717, 1.165) is 56.8 Å². The first-order valence-corrected chi connectivity index (χ1v) is 9.94. The van der Waals surface area contributed by atoms with Crippen LogP contribution in [0.15, 0.2) is 47.0 Å². The van der Waals surface area contributed by atoms with E-state index in [1.54, 1.807) is 24.3 Å². The van der Waals surface area contributed by atoms with Crippen LogP contribution >= 0.6 is 0 Å². The van der Waals surface area contributed by atoms with Crippen molar-refractivity contribution in [2.24, 2.45) is 0 Å². The third-order valence-electron chi connectivity index (χ3n) is 5.37. The third-order valence-corrected chi connectivity index (χ3v) is 5.37. The summed E-state index contributed by atoms with van der Waals surface area (Å²) in [6.45, 7) is 4.42. The molecule has 0 unspecified atom stereocenters. The second-order valence-corrected chi connectivity index (χ2v) is 7.40. The molecule has 3 aromatic rings. The largest absolute Gasteiger partial charge is 0.508 e. The van der Waals surface area contributed by atoms with E-state index in [9.17, 15) is 14.3 Å². The van der Waals surface area contributed by atoms with Crippen LogP contribution in [0.2, 0.25) is 0 Å². The Kier molecular flexibility index (Phi) is 5.76. The Bertz CT molecular complexity index is 987. The lowest BCUT2D eigenvalue weighted by molar-refractivity contribution is 0.0975. The number of hydrogen-bond donors (Lipinski definition) is 1. The Labute approximate surface area is 168 Å². The number of ketones is 1. The number of Topliss-reactive ketones (excluding diaryl/α,β-unsaturated/α-hetero) is 1. The van der Waals surface area contributed by atoms with Gasteiger partial charge in [-0.15, -0.1) is 0 Å². The van der Waals surface area contributed by atoms with Crippen molar-refractivity contribution < 1.29 is 18.8 Å². The highest BCUT2D eigenvalue weighted by Gasteiger charge is 2.20. The molecule has 1 aliphatic rings. The number of aromatic nitrogens is 1. The number of anilines is 1. The van der Waals surface area contributed by atoms with Crippen molar-refractivity contribution in [1.29, 1.82) is 0 Å². The number of halogens is 1. The van der Waals surface area contributed by atoms with Crippen molar-refractivity contribution in [3.05, 3.63) is 53.8 Å². The summed E-state index contributed by atoms with van der Waals surface area (Å²) < 4.78 is 18.3. The summed E-state index contributed by atoms with van der Waals surface area (Å²) in [5.74, 6) is 0.705. The topological polar surface area (TPSA) is 69.8 Å². The highest BCUT2D eigenvalue weighted by Crippen LogP contribution is 2.29. The number of carbonyl (C=O) groups is 1. The molecule has 1 fully saturated rings. The molecule has 0 amide bonds. The molecule has 1 aromatic heterocycles. The number of rotatable bonds is 6. The van der Waals surface area contributed by atoms with Gasteiger partial charge in [-0.25, -0.2) is 4.39 Å². The van der Waals surface area contributed by atoms with Gasteiger partial charge >= 0.3 is 0 Å². The van der Waals surface area contributed by atoms with Gasteiger partial charge in [0, 0.05) is 37.7 Å². The highest BCUT2D eigenvalue weighted by molar-refractivity contribution is 5.96. The fourth-order valence-corrected chi connectivity index (χ4v) is 3.79. The molecular weight excluding hydrogens is 373 g/mol. The average molecular weight is 397 g/mol. The molecule has 1 aliphatic heterocycles. The normalized spacial score (nSPS) is 15.6. The van der Waals surface area contributed by atoms with Gasteiger partial charge in [-0.3, -0.25) is 4.79 Å². The maximum absolute atomic E-state index is 13.0. The maximum atomic E-state index is 13.0. The number of phenols is 1. The van der Waals surface area contributed by atoms with Crippen LogP contribution in [0.1, 0.15) is 29.6 Å². The summed E-state index contributed by atoms with van der Waals surface area (Å²) >= 11 is 0. The minimum absolute atomic E-state index is 0.0544.